The zero-order valence-corrected chi connectivity index (χ0v) is 29.8. The third-order valence-electron chi connectivity index (χ3n) is 16.7. The summed E-state index contributed by atoms with van der Waals surface area (Å²) in [7, 11) is 0. The lowest BCUT2D eigenvalue weighted by atomic mass is 9.43. The SMILES string of the molecule is C[C@H]1C(O[C@@H]2CC[C@@]3(C)C(CCC4C3C[C@H](O)[C@@]3(C)C4CC[C@@H]3[C@H](C)CCC(=O)O)C2)OC2OC3(C)CCC4[C@H](C)CCC1[C@@]24OO3. The monoisotopic (exact) mass is 658 g/mol. The fourth-order valence-corrected chi connectivity index (χ4v) is 14.0. The maximum absolute atomic E-state index is 12.0. The van der Waals surface area contributed by atoms with Gasteiger partial charge in [0.1, 0.15) is 0 Å². The smallest absolute Gasteiger partial charge is 0.303 e. The van der Waals surface area contributed by atoms with E-state index in [1.165, 1.54) is 25.7 Å². The van der Waals surface area contributed by atoms with Crippen molar-refractivity contribution in [1.82, 2.24) is 0 Å². The number of hydrogen-bond acceptors (Lipinski definition) is 7. The molecule has 0 aromatic heterocycles. The molecule has 18 atom stereocenters. The standard InChI is InChI=1S/C39H62O8/c1-21(8-14-33(41)42)27-12-13-30-26-10-9-24-19-25(15-17-36(24,4)31(26)20-32(40)38(27,30)6)43-34-23(3)29-11-7-22(2)28-16-18-37(5)45-35(44-34)39(28,29)47-46-37/h21-32,34-35,40H,7-20H2,1-6H3,(H,41,42)/t21-,22-,23-,24?,25-,26?,27-,28?,29?,30?,31?,32+,34?,35?,36+,37?,38-,39-/m1/s1. The molecule has 9 fully saturated rings. The van der Waals surface area contributed by atoms with Crippen LogP contribution in [0.1, 0.15) is 131 Å². The van der Waals surface area contributed by atoms with Crippen molar-refractivity contribution in [3.05, 3.63) is 0 Å². The van der Waals surface area contributed by atoms with E-state index in [0.717, 1.165) is 51.4 Å². The molecule has 2 bridgehead atoms. The molecule has 9 rings (SSSR count). The van der Waals surface area contributed by atoms with Gasteiger partial charge in [-0.05, 0) is 142 Å². The number of aliphatic hydroxyl groups is 1. The minimum absolute atomic E-state index is 0.102. The van der Waals surface area contributed by atoms with Crippen LogP contribution in [0.2, 0.25) is 0 Å². The van der Waals surface area contributed by atoms with Gasteiger partial charge in [-0.3, -0.25) is 4.79 Å². The molecule has 4 saturated heterocycles. The van der Waals surface area contributed by atoms with Crippen LogP contribution in [-0.2, 0) is 28.8 Å². The molecule has 1 spiro atoms. The molecule has 5 saturated carbocycles. The Bertz CT molecular complexity index is 1210. The second-order valence-electron chi connectivity index (χ2n) is 18.7. The van der Waals surface area contributed by atoms with E-state index in [4.69, 9.17) is 24.0 Å². The van der Waals surface area contributed by atoms with Gasteiger partial charge in [0.25, 0.3) is 0 Å². The van der Waals surface area contributed by atoms with Crippen LogP contribution < -0.4 is 0 Å². The largest absolute Gasteiger partial charge is 0.481 e. The van der Waals surface area contributed by atoms with Gasteiger partial charge in [0.05, 0.1) is 12.2 Å². The van der Waals surface area contributed by atoms with Crippen molar-refractivity contribution in [3.8, 4) is 0 Å². The molecule has 266 valence electrons. The number of hydrogen-bond donors (Lipinski definition) is 2. The van der Waals surface area contributed by atoms with E-state index in [1.54, 1.807) is 0 Å². The van der Waals surface area contributed by atoms with E-state index < -0.39 is 23.6 Å². The van der Waals surface area contributed by atoms with Crippen molar-refractivity contribution in [3.63, 3.8) is 0 Å². The summed E-state index contributed by atoms with van der Waals surface area (Å²) in [5.74, 6) is 2.97. The van der Waals surface area contributed by atoms with Crippen molar-refractivity contribution >= 4 is 5.97 Å². The van der Waals surface area contributed by atoms with E-state index in [1.807, 2.05) is 6.92 Å². The summed E-state index contributed by atoms with van der Waals surface area (Å²) >= 11 is 0. The molecule has 4 aliphatic heterocycles. The van der Waals surface area contributed by atoms with E-state index in [9.17, 15) is 15.0 Å². The molecule has 2 N–H and O–H groups in total. The summed E-state index contributed by atoms with van der Waals surface area (Å²) in [6.45, 7) is 13.8. The molecular weight excluding hydrogens is 596 g/mol. The number of ether oxygens (including phenoxy) is 3. The van der Waals surface area contributed by atoms with Crippen LogP contribution >= 0.6 is 0 Å². The summed E-state index contributed by atoms with van der Waals surface area (Å²) in [5, 5.41) is 21.3. The first-order chi connectivity index (χ1) is 22.3. The van der Waals surface area contributed by atoms with Crippen molar-refractivity contribution in [2.45, 2.75) is 168 Å². The first-order valence-electron chi connectivity index (χ1n) is 19.6. The number of rotatable bonds is 6. The van der Waals surface area contributed by atoms with Crippen LogP contribution in [0.4, 0.5) is 0 Å². The lowest BCUT2D eigenvalue weighted by molar-refractivity contribution is -0.578. The molecule has 9 aliphatic rings. The zero-order valence-electron chi connectivity index (χ0n) is 29.8. The van der Waals surface area contributed by atoms with Crippen molar-refractivity contribution in [2.24, 2.45) is 70.0 Å². The Hall–Kier alpha value is -0.770. The van der Waals surface area contributed by atoms with E-state index in [2.05, 4.69) is 34.6 Å². The normalized spacial score (nSPS) is 57.2. The predicted octanol–water partition coefficient (Wildman–Crippen LogP) is 7.71. The molecule has 4 heterocycles. The van der Waals surface area contributed by atoms with Gasteiger partial charge < -0.3 is 24.4 Å². The van der Waals surface area contributed by atoms with Gasteiger partial charge in [-0.1, -0.05) is 34.6 Å². The van der Waals surface area contributed by atoms with Gasteiger partial charge in [-0.15, -0.1) is 0 Å². The lowest BCUT2D eigenvalue weighted by Gasteiger charge is -2.63. The fraction of sp³-hybridized carbons (Fsp3) is 0.974. The van der Waals surface area contributed by atoms with Crippen LogP contribution in [-0.4, -0.2) is 52.4 Å². The fourth-order valence-electron chi connectivity index (χ4n) is 14.0. The quantitative estimate of drug-likeness (QED) is 0.221. The first-order valence-corrected chi connectivity index (χ1v) is 19.6. The van der Waals surface area contributed by atoms with Gasteiger partial charge in [-0.2, -0.15) is 0 Å². The average Bonchev–Trinajstić information content (AvgIpc) is 3.24. The highest BCUT2D eigenvalue weighted by molar-refractivity contribution is 5.66. The van der Waals surface area contributed by atoms with Crippen LogP contribution in [0.15, 0.2) is 0 Å². The van der Waals surface area contributed by atoms with Crippen molar-refractivity contribution < 1.29 is 39.0 Å². The Labute approximate surface area is 282 Å². The predicted molar refractivity (Wildman–Crippen MR) is 174 cm³/mol. The summed E-state index contributed by atoms with van der Waals surface area (Å²) in [6, 6.07) is 0. The highest BCUT2D eigenvalue weighted by Crippen LogP contribution is 2.69. The minimum atomic E-state index is -0.773. The van der Waals surface area contributed by atoms with E-state index >= 15 is 0 Å². The Morgan fingerprint density at radius 2 is 1.68 bits per heavy atom. The Morgan fingerprint density at radius 1 is 0.894 bits per heavy atom. The van der Waals surface area contributed by atoms with Crippen LogP contribution in [0.25, 0.3) is 0 Å². The molecule has 0 radical (unpaired) electrons. The van der Waals surface area contributed by atoms with Gasteiger partial charge in [-0.25, -0.2) is 9.78 Å². The highest BCUT2D eigenvalue weighted by atomic mass is 17.3. The molecule has 8 heteroatoms. The van der Waals surface area contributed by atoms with Gasteiger partial charge in [0, 0.05) is 24.7 Å². The molecule has 5 aliphatic carbocycles. The number of carbonyl (C=O) groups is 1. The third-order valence-corrected chi connectivity index (χ3v) is 16.7. The summed E-state index contributed by atoms with van der Waals surface area (Å²) in [5.41, 5.74) is -0.437. The first kappa shape index (κ1) is 33.4. The number of carboxylic acids is 1. The highest BCUT2D eigenvalue weighted by Gasteiger charge is 2.70. The number of aliphatic hydroxyl groups excluding tert-OH is 1. The number of carboxylic acid groups (broad SMARTS) is 1. The maximum atomic E-state index is 12.0. The van der Waals surface area contributed by atoms with E-state index in [0.29, 0.717) is 53.8 Å². The van der Waals surface area contributed by atoms with Crippen LogP contribution in [0.3, 0.4) is 0 Å². The molecule has 47 heavy (non-hydrogen) atoms. The molecule has 0 aromatic carbocycles. The maximum Gasteiger partial charge on any atom is 0.303 e. The second kappa shape index (κ2) is 11.6. The Kier molecular flexibility index (Phi) is 8.26. The number of aliphatic carboxylic acids is 1. The van der Waals surface area contributed by atoms with E-state index in [-0.39, 0.29) is 47.6 Å². The molecule has 0 aromatic rings. The van der Waals surface area contributed by atoms with Crippen LogP contribution in [0.5, 0.6) is 0 Å². The molecule has 8 nitrogen and oxygen atoms in total. The summed E-state index contributed by atoms with van der Waals surface area (Å²) < 4.78 is 20.4. The third kappa shape index (κ3) is 4.91. The molecular formula is C39H62O8. The summed E-state index contributed by atoms with van der Waals surface area (Å²) in [4.78, 5) is 23.7. The topological polar surface area (TPSA) is 104 Å². The number of fused-ring (bicyclic) bond motifs is 7. The van der Waals surface area contributed by atoms with Crippen molar-refractivity contribution in [2.75, 3.05) is 0 Å². The lowest BCUT2D eigenvalue weighted by Crippen LogP contribution is -2.70. The molecule has 0 amide bonds. The van der Waals surface area contributed by atoms with Gasteiger partial charge in [0.2, 0.25) is 5.79 Å². The average molecular weight is 659 g/mol. The van der Waals surface area contributed by atoms with Gasteiger partial charge >= 0.3 is 5.97 Å². The Balaban J connectivity index is 0.956. The second-order valence-corrected chi connectivity index (χ2v) is 18.7. The molecule has 9 unspecified atom stereocenters. The van der Waals surface area contributed by atoms with Crippen LogP contribution in [0, 0.1) is 70.0 Å². The summed E-state index contributed by atoms with van der Waals surface area (Å²) in [6.07, 6.45) is 13.1. The van der Waals surface area contributed by atoms with Gasteiger partial charge in [0.15, 0.2) is 18.2 Å². The van der Waals surface area contributed by atoms with Crippen molar-refractivity contribution in [1.29, 1.82) is 0 Å². The Morgan fingerprint density at radius 3 is 2.47 bits per heavy atom. The minimum Gasteiger partial charge on any atom is -0.481 e. The zero-order chi connectivity index (χ0) is 33.1.